The van der Waals surface area contributed by atoms with Crippen LogP contribution >= 0.6 is 27.3 Å². The van der Waals surface area contributed by atoms with Crippen molar-refractivity contribution in [3.8, 4) is 5.75 Å². The highest BCUT2D eigenvalue weighted by molar-refractivity contribution is 9.10. The zero-order valence-electron chi connectivity index (χ0n) is 14.2. The monoisotopic (exact) mass is 431 g/mol. The summed E-state index contributed by atoms with van der Waals surface area (Å²) in [6.45, 7) is 0.959. The Kier molecular flexibility index (Phi) is 6.30. The van der Waals surface area contributed by atoms with Crippen LogP contribution in [0.1, 0.15) is 16.2 Å². The molecule has 0 bridgehead atoms. The van der Waals surface area contributed by atoms with Gasteiger partial charge in [-0.3, -0.25) is 4.79 Å². The molecule has 0 aliphatic carbocycles. The molecular formula is C20H18BrNO3S. The Morgan fingerprint density at radius 2 is 2.15 bits per heavy atom. The Labute approximate surface area is 164 Å². The molecule has 0 saturated heterocycles. The van der Waals surface area contributed by atoms with E-state index >= 15 is 0 Å². The maximum Gasteiger partial charge on any atom is 0.247 e. The molecule has 2 heterocycles. The van der Waals surface area contributed by atoms with Crippen molar-refractivity contribution < 1.29 is 13.9 Å². The third-order valence-electron chi connectivity index (χ3n) is 3.76. The molecule has 134 valence electrons. The predicted molar refractivity (Wildman–Crippen MR) is 107 cm³/mol. The maximum absolute atomic E-state index is 12.8. The molecule has 1 aromatic carbocycles. The average Bonchev–Trinajstić information content (AvgIpc) is 3.33. The Morgan fingerprint density at radius 3 is 2.85 bits per heavy atom. The van der Waals surface area contributed by atoms with Crippen LogP contribution in [0.2, 0.25) is 0 Å². The van der Waals surface area contributed by atoms with Gasteiger partial charge in [0.1, 0.15) is 11.5 Å². The lowest BCUT2D eigenvalue weighted by atomic mass is 10.2. The number of hydrogen-bond donors (Lipinski definition) is 0. The Bertz CT molecular complexity index is 836. The van der Waals surface area contributed by atoms with Gasteiger partial charge in [-0.25, -0.2) is 0 Å². The van der Waals surface area contributed by atoms with Crippen LogP contribution in [-0.2, 0) is 17.9 Å². The van der Waals surface area contributed by atoms with Gasteiger partial charge in [-0.15, -0.1) is 11.3 Å². The molecule has 0 spiro atoms. The molecule has 26 heavy (non-hydrogen) atoms. The number of amides is 1. The van der Waals surface area contributed by atoms with Crippen molar-refractivity contribution in [2.75, 3.05) is 7.11 Å². The van der Waals surface area contributed by atoms with Gasteiger partial charge in [-0.05, 0) is 47.9 Å². The van der Waals surface area contributed by atoms with Crippen LogP contribution < -0.4 is 4.74 Å². The fraction of sp³-hybridized carbons (Fsp3) is 0.150. The average molecular weight is 432 g/mol. The van der Waals surface area contributed by atoms with E-state index in [1.807, 2.05) is 47.8 Å². The van der Waals surface area contributed by atoms with E-state index in [2.05, 4.69) is 15.9 Å². The third-order valence-corrected chi connectivity index (χ3v) is 5.12. The van der Waals surface area contributed by atoms with Gasteiger partial charge < -0.3 is 14.1 Å². The van der Waals surface area contributed by atoms with E-state index < -0.39 is 0 Å². The summed E-state index contributed by atoms with van der Waals surface area (Å²) in [7, 11) is 1.61. The van der Waals surface area contributed by atoms with E-state index in [9.17, 15) is 4.79 Å². The Hall–Kier alpha value is -2.31. The van der Waals surface area contributed by atoms with E-state index in [1.54, 1.807) is 41.8 Å². The van der Waals surface area contributed by atoms with Crippen LogP contribution in [0.4, 0.5) is 0 Å². The van der Waals surface area contributed by atoms with Crippen LogP contribution in [0.5, 0.6) is 5.75 Å². The molecule has 0 aliphatic rings. The molecular weight excluding hydrogens is 414 g/mol. The van der Waals surface area contributed by atoms with E-state index in [0.29, 0.717) is 18.8 Å². The van der Waals surface area contributed by atoms with Gasteiger partial charge in [0.05, 0.1) is 26.5 Å². The minimum absolute atomic E-state index is 0.0863. The lowest BCUT2D eigenvalue weighted by molar-refractivity contribution is -0.127. The molecule has 0 atom stereocenters. The predicted octanol–water partition coefficient (Wildman–Crippen LogP) is 5.35. The molecule has 0 N–H and O–H groups in total. The zero-order valence-corrected chi connectivity index (χ0v) is 16.6. The highest BCUT2D eigenvalue weighted by Crippen LogP contribution is 2.24. The summed E-state index contributed by atoms with van der Waals surface area (Å²) in [6, 6.07) is 13.4. The summed E-state index contributed by atoms with van der Waals surface area (Å²) >= 11 is 5.07. The first-order valence-electron chi connectivity index (χ1n) is 8.01. The van der Waals surface area contributed by atoms with Crippen LogP contribution in [-0.4, -0.2) is 17.9 Å². The Morgan fingerprint density at radius 1 is 1.27 bits per heavy atom. The normalized spacial score (nSPS) is 11.0. The molecule has 0 saturated carbocycles. The molecule has 1 amide bonds. The first kappa shape index (κ1) is 18.5. The van der Waals surface area contributed by atoms with Gasteiger partial charge in [-0.2, -0.15) is 0 Å². The smallest absolute Gasteiger partial charge is 0.247 e. The lowest BCUT2D eigenvalue weighted by Gasteiger charge is -2.19. The molecule has 2 aromatic heterocycles. The van der Waals surface area contributed by atoms with Gasteiger partial charge in [0.2, 0.25) is 5.91 Å². The van der Waals surface area contributed by atoms with Crippen LogP contribution in [0, 0.1) is 0 Å². The number of rotatable bonds is 7. The first-order chi connectivity index (χ1) is 12.7. The number of methoxy groups -OCH3 is 1. The molecule has 6 heteroatoms. The summed E-state index contributed by atoms with van der Waals surface area (Å²) in [5.41, 5.74) is 0.837. The van der Waals surface area contributed by atoms with E-state index in [-0.39, 0.29) is 5.91 Å². The van der Waals surface area contributed by atoms with E-state index in [1.165, 1.54) is 0 Å². The highest BCUT2D eigenvalue weighted by Gasteiger charge is 2.14. The zero-order chi connectivity index (χ0) is 18.4. The van der Waals surface area contributed by atoms with Crippen molar-refractivity contribution in [2.45, 2.75) is 13.1 Å². The largest absolute Gasteiger partial charge is 0.496 e. The maximum atomic E-state index is 12.8. The van der Waals surface area contributed by atoms with Crippen molar-refractivity contribution >= 4 is 39.2 Å². The van der Waals surface area contributed by atoms with Gasteiger partial charge in [0.25, 0.3) is 0 Å². The summed E-state index contributed by atoms with van der Waals surface area (Å²) in [5, 5.41) is 2.01. The number of halogens is 1. The fourth-order valence-electron chi connectivity index (χ4n) is 2.49. The van der Waals surface area contributed by atoms with Gasteiger partial charge >= 0.3 is 0 Å². The van der Waals surface area contributed by atoms with Crippen LogP contribution in [0.3, 0.4) is 0 Å². The summed E-state index contributed by atoms with van der Waals surface area (Å²) in [6.07, 6.45) is 4.96. The van der Waals surface area contributed by atoms with Crippen LogP contribution in [0.15, 0.2) is 69.1 Å². The molecule has 3 rings (SSSR count). The molecule has 0 aliphatic heterocycles. The molecule has 0 fully saturated rings. The number of benzene rings is 1. The second-order valence-corrected chi connectivity index (χ2v) is 7.52. The summed E-state index contributed by atoms with van der Waals surface area (Å²) < 4.78 is 11.7. The number of hydrogen-bond acceptors (Lipinski definition) is 4. The van der Waals surface area contributed by atoms with E-state index in [0.717, 1.165) is 20.7 Å². The minimum Gasteiger partial charge on any atom is -0.496 e. The molecule has 0 radical (unpaired) electrons. The topological polar surface area (TPSA) is 42.7 Å². The van der Waals surface area contributed by atoms with Crippen molar-refractivity contribution in [3.63, 3.8) is 0 Å². The standard InChI is InChI=1S/C20H18BrNO3S/c1-24-19-8-7-16(21)12-15(19)6-9-20(23)22(13-17-4-2-10-25-17)14-18-5-3-11-26-18/h2-12H,13-14H2,1H3/b9-6+. The lowest BCUT2D eigenvalue weighted by Crippen LogP contribution is -2.28. The summed E-state index contributed by atoms with van der Waals surface area (Å²) in [5.74, 6) is 1.38. The number of carbonyl (C=O) groups excluding carboxylic acids is 1. The summed E-state index contributed by atoms with van der Waals surface area (Å²) in [4.78, 5) is 15.7. The van der Waals surface area contributed by atoms with Crippen molar-refractivity contribution in [1.82, 2.24) is 4.90 Å². The number of carbonyl (C=O) groups is 1. The number of furan rings is 1. The highest BCUT2D eigenvalue weighted by atomic mass is 79.9. The molecule has 3 aromatic rings. The number of thiophene rings is 1. The van der Waals surface area contributed by atoms with Crippen molar-refractivity contribution in [1.29, 1.82) is 0 Å². The van der Waals surface area contributed by atoms with Gasteiger partial charge in [-0.1, -0.05) is 22.0 Å². The minimum atomic E-state index is -0.0863. The third kappa shape index (κ3) is 4.86. The van der Waals surface area contributed by atoms with Gasteiger partial charge in [0.15, 0.2) is 0 Å². The molecule has 0 unspecified atom stereocenters. The van der Waals surface area contributed by atoms with Crippen LogP contribution in [0.25, 0.3) is 6.08 Å². The fourth-order valence-corrected chi connectivity index (χ4v) is 3.59. The Balaban J connectivity index is 1.79. The van der Waals surface area contributed by atoms with E-state index in [4.69, 9.17) is 9.15 Å². The second kappa shape index (κ2) is 8.87. The second-order valence-electron chi connectivity index (χ2n) is 5.57. The molecule has 4 nitrogen and oxygen atoms in total. The van der Waals surface area contributed by atoms with Gasteiger partial charge in [0, 0.05) is 21.0 Å². The SMILES string of the molecule is COc1ccc(Br)cc1/C=C/C(=O)N(Cc1ccco1)Cc1cccs1. The first-order valence-corrected chi connectivity index (χ1v) is 9.68. The number of ether oxygens (including phenoxy) is 1. The van der Waals surface area contributed by atoms with Crippen molar-refractivity contribution in [3.05, 3.63) is 80.9 Å². The number of nitrogens with zero attached hydrogens (tertiary/aromatic N) is 1. The quantitative estimate of drug-likeness (QED) is 0.473. The van der Waals surface area contributed by atoms with Crippen molar-refractivity contribution in [2.24, 2.45) is 0 Å².